The lowest BCUT2D eigenvalue weighted by Gasteiger charge is -2.29. The molecule has 0 bridgehead atoms. The molecule has 2 atom stereocenters. The van der Waals surface area contributed by atoms with Crippen molar-refractivity contribution in [2.24, 2.45) is 5.92 Å². The zero-order valence-electron chi connectivity index (χ0n) is 17.5. The molecule has 0 radical (unpaired) electrons. The maximum absolute atomic E-state index is 12.6. The third kappa shape index (κ3) is 6.18. The second-order valence-corrected chi connectivity index (χ2v) is 8.72. The summed E-state index contributed by atoms with van der Waals surface area (Å²) in [6, 6.07) is 14.2. The Hall–Kier alpha value is -2.63. The van der Waals surface area contributed by atoms with Crippen molar-refractivity contribution in [3.05, 3.63) is 42.6 Å². The lowest BCUT2D eigenvalue weighted by Crippen LogP contribution is -2.42. The van der Waals surface area contributed by atoms with Crippen LogP contribution in [-0.4, -0.2) is 59.5 Å². The van der Waals surface area contributed by atoms with Crippen molar-refractivity contribution in [2.45, 2.75) is 30.7 Å². The number of nitriles is 1. The monoisotopic (exact) mass is 424 g/mol. The van der Waals surface area contributed by atoms with Gasteiger partial charge in [0.15, 0.2) is 5.82 Å². The van der Waals surface area contributed by atoms with Gasteiger partial charge in [-0.25, -0.2) is 0 Å². The molecular formula is C22H28N6OS. The second kappa shape index (κ2) is 11.0. The Balaban J connectivity index is 1.53. The third-order valence-electron chi connectivity index (χ3n) is 5.04. The largest absolute Gasteiger partial charge is 0.351 e. The van der Waals surface area contributed by atoms with E-state index >= 15 is 0 Å². The molecule has 1 aromatic heterocycles. The zero-order valence-corrected chi connectivity index (χ0v) is 18.3. The van der Waals surface area contributed by atoms with Gasteiger partial charge in [-0.05, 0) is 51.1 Å². The van der Waals surface area contributed by atoms with Crippen LogP contribution in [0.3, 0.4) is 0 Å². The minimum atomic E-state index is -0.0390. The summed E-state index contributed by atoms with van der Waals surface area (Å²) in [5.41, 5.74) is 0.799. The van der Waals surface area contributed by atoms with Crippen LogP contribution in [-0.2, 0) is 4.79 Å². The van der Waals surface area contributed by atoms with E-state index in [1.165, 1.54) is 0 Å². The molecule has 1 aliphatic rings. The zero-order chi connectivity index (χ0) is 21.3. The number of anilines is 2. The van der Waals surface area contributed by atoms with Crippen molar-refractivity contribution in [1.82, 2.24) is 15.1 Å². The van der Waals surface area contributed by atoms with E-state index in [1.54, 1.807) is 18.0 Å². The smallest absolute Gasteiger partial charge is 0.238 e. The highest BCUT2D eigenvalue weighted by Gasteiger charge is 2.27. The Kier molecular flexibility index (Phi) is 8.05. The Morgan fingerprint density at radius 2 is 2.23 bits per heavy atom. The Bertz CT molecular complexity index is 871. The molecule has 2 unspecified atom stereocenters. The minimum Gasteiger partial charge on any atom is -0.351 e. The van der Waals surface area contributed by atoms with Crippen molar-refractivity contribution < 1.29 is 4.79 Å². The van der Waals surface area contributed by atoms with Crippen molar-refractivity contribution in [2.75, 3.05) is 42.7 Å². The number of para-hydroxylation sites is 1. The topological polar surface area (TPSA) is 85.2 Å². The van der Waals surface area contributed by atoms with Crippen molar-refractivity contribution >= 4 is 29.2 Å². The number of nitrogens with zero attached hydrogens (tertiary/aromatic N) is 5. The molecule has 1 amide bonds. The number of thioether (sulfide) groups is 1. The highest BCUT2D eigenvalue weighted by Crippen LogP contribution is 2.28. The van der Waals surface area contributed by atoms with E-state index in [-0.39, 0.29) is 11.8 Å². The van der Waals surface area contributed by atoms with Crippen LogP contribution >= 0.6 is 11.8 Å². The SMILES string of the molecule is CC(C#N)CSc1ccccc1NC(=O)CN(C)CC1CCCN1c1cccnn1. The van der Waals surface area contributed by atoms with Crippen LogP contribution < -0.4 is 10.2 Å². The van der Waals surface area contributed by atoms with Gasteiger partial charge in [-0.1, -0.05) is 12.1 Å². The molecule has 1 aromatic carbocycles. The van der Waals surface area contributed by atoms with Crippen molar-refractivity contribution in [3.8, 4) is 6.07 Å². The van der Waals surface area contributed by atoms with Gasteiger partial charge in [0, 0.05) is 36.0 Å². The molecule has 0 saturated carbocycles. The molecule has 1 N–H and O–H groups in total. The molecule has 8 heteroatoms. The number of benzene rings is 1. The number of aromatic nitrogens is 2. The maximum atomic E-state index is 12.6. The molecule has 0 aliphatic carbocycles. The minimum absolute atomic E-state index is 0.0337. The first kappa shape index (κ1) is 22.1. The molecule has 30 heavy (non-hydrogen) atoms. The first-order valence-electron chi connectivity index (χ1n) is 10.2. The molecule has 3 rings (SSSR count). The lowest BCUT2D eigenvalue weighted by molar-refractivity contribution is -0.117. The van der Waals surface area contributed by atoms with E-state index in [9.17, 15) is 4.79 Å². The summed E-state index contributed by atoms with van der Waals surface area (Å²) in [6.45, 7) is 3.98. The fraction of sp³-hybridized carbons (Fsp3) is 0.455. The molecule has 1 aliphatic heterocycles. The predicted molar refractivity (Wildman–Crippen MR) is 120 cm³/mol. The van der Waals surface area contributed by atoms with Crippen LogP contribution in [0.2, 0.25) is 0 Å². The van der Waals surface area contributed by atoms with Crippen molar-refractivity contribution in [3.63, 3.8) is 0 Å². The molecule has 158 valence electrons. The van der Waals surface area contributed by atoms with Gasteiger partial charge in [-0.3, -0.25) is 9.69 Å². The van der Waals surface area contributed by atoms with Gasteiger partial charge in [0.05, 0.1) is 24.2 Å². The molecule has 1 fully saturated rings. The Morgan fingerprint density at radius 1 is 1.40 bits per heavy atom. The number of likely N-dealkylation sites (N-methyl/N-ethyl adjacent to an activating group) is 1. The van der Waals surface area contributed by atoms with E-state index in [1.807, 2.05) is 50.4 Å². The Morgan fingerprint density at radius 3 is 3.00 bits per heavy atom. The lowest BCUT2D eigenvalue weighted by atomic mass is 10.2. The average molecular weight is 425 g/mol. The van der Waals surface area contributed by atoms with E-state index in [0.717, 1.165) is 42.3 Å². The van der Waals surface area contributed by atoms with Crippen molar-refractivity contribution in [1.29, 1.82) is 5.26 Å². The number of amides is 1. The van der Waals surface area contributed by atoms with Crippen LogP contribution in [0.25, 0.3) is 0 Å². The van der Waals surface area contributed by atoms with Gasteiger partial charge in [-0.2, -0.15) is 10.4 Å². The molecule has 1 saturated heterocycles. The fourth-order valence-electron chi connectivity index (χ4n) is 3.58. The summed E-state index contributed by atoms with van der Waals surface area (Å²) in [5, 5.41) is 20.2. The molecule has 0 spiro atoms. The third-order valence-corrected chi connectivity index (χ3v) is 6.37. The highest BCUT2D eigenvalue weighted by molar-refractivity contribution is 7.99. The normalized spacial score (nSPS) is 17.0. The first-order chi connectivity index (χ1) is 14.6. The summed E-state index contributed by atoms with van der Waals surface area (Å²) in [7, 11) is 1.97. The quantitative estimate of drug-likeness (QED) is 0.618. The molecule has 2 aromatic rings. The van der Waals surface area contributed by atoms with Gasteiger partial charge in [0.25, 0.3) is 0 Å². The Labute approximate surface area is 182 Å². The predicted octanol–water partition coefficient (Wildman–Crippen LogP) is 3.27. The van der Waals surface area contributed by atoms with E-state index < -0.39 is 0 Å². The number of hydrogen-bond donors (Lipinski definition) is 1. The fourth-order valence-corrected chi connectivity index (χ4v) is 4.53. The number of rotatable bonds is 9. The van der Waals surface area contributed by atoms with Gasteiger partial charge >= 0.3 is 0 Å². The summed E-state index contributed by atoms with van der Waals surface area (Å²) < 4.78 is 0. The van der Waals surface area contributed by atoms with Gasteiger partial charge in [0.1, 0.15) is 0 Å². The van der Waals surface area contributed by atoms with E-state index in [4.69, 9.17) is 5.26 Å². The summed E-state index contributed by atoms with van der Waals surface area (Å²) >= 11 is 1.59. The number of carbonyl (C=O) groups excluding carboxylic acids is 1. The van der Waals surface area contributed by atoms with Gasteiger partial charge in [0.2, 0.25) is 5.91 Å². The maximum Gasteiger partial charge on any atom is 0.238 e. The summed E-state index contributed by atoms with van der Waals surface area (Å²) in [4.78, 5) is 18.0. The summed E-state index contributed by atoms with van der Waals surface area (Å²) in [6.07, 6.45) is 3.88. The van der Waals surface area contributed by atoms with Crippen LogP contribution in [0.15, 0.2) is 47.5 Å². The average Bonchev–Trinajstić information content (AvgIpc) is 3.21. The van der Waals surface area contributed by atoms with E-state index in [2.05, 4.69) is 31.4 Å². The van der Waals surface area contributed by atoms with Crippen LogP contribution in [0.5, 0.6) is 0 Å². The molecule has 7 nitrogen and oxygen atoms in total. The number of carbonyl (C=O) groups is 1. The highest BCUT2D eigenvalue weighted by atomic mass is 32.2. The van der Waals surface area contributed by atoms with Gasteiger partial charge in [-0.15, -0.1) is 16.9 Å². The summed E-state index contributed by atoms with van der Waals surface area (Å²) in [5.74, 6) is 1.52. The second-order valence-electron chi connectivity index (χ2n) is 7.65. The van der Waals surface area contributed by atoms with Crippen LogP contribution in [0.1, 0.15) is 19.8 Å². The standard InChI is InChI=1S/C22H28N6OS/c1-17(13-23)16-30-20-9-4-3-8-19(20)25-22(29)15-27(2)14-18-7-6-12-28(18)21-10-5-11-24-26-21/h3-5,8-11,17-18H,6-7,12,14-16H2,1-2H3,(H,25,29). The van der Waals surface area contributed by atoms with Crippen LogP contribution in [0, 0.1) is 17.2 Å². The molecular weight excluding hydrogens is 396 g/mol. The number of nitrogens with one attached hydrogen (secondary N) is 1. The van der Waals surface area contributed by atoms with E-state index in [0.29, 0.717) is 18.3 Å². The van der Waals surface area contributed by atoms with Gasteiger partial charge < -0.3 is 10.2 Å². The van der Waals surface area contributed by atoms with Crippen LogP contribution in [0.4, 0.5) is 11.5 Å². The number of hydrogen-bond acceptors (Lipinski definition) is 7. The molecule has 2 heterocycles. The first-order valence-corrected chi connectivity index (χ1v) is 11.2.